The highest BCUT2D eigenvalue weighted by Crippen LogP contribution is 2.35. The molecule has 2 heteroatoms. The van der Waals surface area contributed by atoms with Crippen LogP contribution in [-0.4, -0.2) is 5.11 Å². The summed E-state index contributed by atoms with van der Waals surface area (Å²) >= 11 is 6.18. The third-order valence-electron chi connectivity index (χ3n) is 3.26. The molecule has 0 unspecified atom stereocenters. The number of benzene rings is 3. The van der Waals surface area contributed by atoms with Gasteiger partial charge >= 0.3 is 0 Å². The molecule has 0 aliphatic carbocycles. The first-order valence-electron chi connectivity index (χ1n) is 6.39. The van der Waals surface area contributed by atoms with E-state index >= 15 is 0 Å². The summed E-state index contributed by atoms with van der Waals surface area (Å²) in [5.74, 6) is 0.106. The van der Waals surface area contributed by atoms with E-state index in [0.29, 0.717) is 5.02 Å². The maximum Gasteiger partial charge on any atom is 0.134 e. The molecular formula is C18H13ClO. The topological polar surface area (TPSA) is 20.2 Å². The molecule has 0 saturated heterocycles. The van der Waals surface area contributed by atoms with E-state index in [4.69, 9.17) is 11.6 Å². The van der Waals surface area contributed by atoms with Crippen LogP contribution in [-0.2, 0) is 0 Å². The second-order valence-electron chi connectivity index (χ2n) is 4.59. The summed E-state index contributed by atoms with van der Waals surface area (Å²) in [7, 11) is 0. The Morgan fingerprint density at radius 3 is 2.10 bits per heavy atom. The quantitative estimate of drug-likeness (QED) is 0.668. The minimum Gasteiger partial charge on any atom is -0.506 e. The van der Waals surface area contributed by atoms with Crippen LogP contribution in [0.1, 0.15) is 0 Å². The molecule has 0 aromatic heterocycles. The van der Waals surface area contributed by atoms with Gasteiger partial charge in [0.1, 0.15) is 5.75 Å². The summed E-state index contributed by atoms with van der Waals surface area (Å²) in [5, 5.41) is 10.1. The number of halogens is 1. The minimum absolute atomic E-state index is 0.106. The van der Waals surface area contributed by atoms with Crippen LogP contribution in [0.2, 0.25) is 5.02 Å². The fourth-order valence-electron chi connectivity index (χ4n) is 2.24. The Hall–Kier alpha value is -2.25. The van der Waals surface area contributed by atoms with Crippen LogP contribution in [0.3, 0.4) is 0 Å². The van der Waals surface area contributed by atoms with Crippen LogP contribution in [0.4, 0.5) is 0 Å². The van der Waals surface area contributed by atoms with Crippen LogP contribution in [0.15, 0.2) is 72.8 Å². The number of rotatable bonds is 2. The summed E-state index contributed by atoms with van der Waals surface area (Å²) < 4.78 is 0. The molecular weight excluding hydrogens is 268 g/mol. The lowest BCUT2D eigenvalue weighted by Crippen LogP contribution is -1.82. The first-order chi connectivity index (χ1) is 9.75. The van der Waals surface area contributed by atoms with Gasteiger partial charge < -0.3 is 5.11 Å². The second-order valence-corrected chi connectivity index (χ2v) is 4.96. The minimum atomic E-state index is 0.106. The number of hydrogen-bond donors (Lipinski definition) is 1. The van der Waals surface area contributed by atoms with Gasteiger partial charge in [-0.2, -0.15) is 0 Å². The van der Waals surface area contributed by atoms with Crippen molar-refractivity contribution < 1.29 is 5.11 Å². The summed E-state index contributed by atoms with van der Waals surface area (Å²) in [6.45, 7) is 0. The molecule has 0 amide bonds. The molecule has 0 atom stereocenters. The Labute approximate surface area is 123 Å². The molecule has 3 rings (SSSR count). The molecule has 98 valence electrons. The first kappa shape index (κ1) is 12.8. The molecule has 0 spiro atoms. The van der Waals surface area contributed by atoms with Crippen LogP contribution in [0, 0.1) is 0 Å². The Balaban J connectivity index is 2.10. The van der Waals surface area contributed by atoms with Gasteiger partial charge in [0.05, 0.1) is 5.02 Å². The van der Waals surface area contributed by atoms with E-state index in [-0.39, 0.29) is 5.75 Å². The Kier molecular flexibility index (Phi) is 3.44. The lowest BCUT2D eigenvalue weighted by atomic mass is 9.99. The van der Waals surface area contributed by atoms with Crippen LogP contribution in [0.25, 0.3) is 22.3 Å². The maximum atomic E-state index is 9.72. The smallest absolute Gasteiger partial charge is 0.134 e. The molecule has 0 aliphatic rings. The number of aromatic hydroxyl groups is 1. The van der Waals surface area contributed by atoms with Crippen molar-refractivity contribution in [1.82, 2.24) is 0 Å². The maximum absolute atomic E-state index is 9.72. The van der Waals surface area contributed by atoms with Gasteiger partial charge in [0.25, 0.3) is 0 Å². The molecule has 3 aromatic carbocycles. The van der Waals surface area contributed by atoms with Gasteiger partial charge in [0.15, 0.2) is 0 Å². The molecule has 1 N–H and O–H groups in total. The SMILES string of the molecule is Oc1cccc(-c2cccc(-c3ccccc3)c2)c1Cl. The molecule has 3 aromatic rings. The molecule has 0 fully saturated rings. The van der Waals surface area contributed by atoms with Gasteiger partial charge in [-0.1, -0.05) is 72.3 Å². The van der Waals surface area contributed by atoms with E-state index < -0.39 is 0 Å². The summed E-state index contributed by atoms with van der Waals surface area (Å²) in [4.78, 5) is 0. The van der Waals surface area contributed by atoms with Gasteiger partial charge in [0, 0.05) is 5.56 Å². The van der Waals surface area contributed by atoms with Crippen LogP contribution < -0.4 is 0 Å². The third kappa shape index (κ3) is 2.40. The fourth-order valence-corrected chi connectivity index (χ4v) is 2.47. The van der Waals surface area contributed by atoms with Crippen molar-refractivity contribution in [2.75, 3.05) is 0 Å². The monoisotopic (exact) mass is 280 g/mol. The van der Waals surface area contributed by atoms with Crippen molar-refractivity contribution >= 4 is 11.6 Å². The molecule has 0 bridgehead atoms. The highest BCUT2D eigenvalue weighted by atomic mass is 35.5. The normalized spacial score (nSPS) is 10.4. The molecule has 0 aliphatic heterocycles. The number of phenols is 1. The van der Waals surface area contributed by atoms with E-state index in [1.165, 1.54) is 0 Å². The summed E-state index contributed by atoms with van der Waals surface area (Å²) in [6.07, 6.45) is 0. The van der Waals surface area contributed by atoms with Crippen LogP contribution in [0.5, 0.6) is 5.75 Å². The van der Waals surface area contributed by atoms with E-state index in [2.05, 4.69) is 24.3 Å². The Morgan fingerprint density at radius 2 is 1.30 bits per heavy atom. The predicted molar refractivity (Wildman–Crippen MR) is 84.0 cm³/mol. The highest BCUT2D eigenvalue weighted by Gasteiger charge is 2.08. The van der Waals surface area contributed by atoms with Crippen molar-refractivity contribution in [3.63, 3.8) is 0 Å². The number of hydrogen-bond acceptors (Lipinski definition) is 1. The van der Waals surface area contributed by atoms with Crippen molar-refractivity contribution in [2.45, 2.75) is 0 Å². The van der Waals surface area contributed by atoms with Crippen molar-refractivity contribution in [2.24, 2.45) is 0 Å². The van der Waals surface area contributed by atoms with Gasteiger partial charge in [-0.3, -0.25) is 0 Å². The Morgan fingerprint density at radius 1 is 0.650 bits per heavy atom. The molecule has 20 heavy (non-hydrogen) atoms. The molecule has 0 saturated carbocycles. The third-order valence-corrected chi connectivity index (χ3v) is 3.66. The van der Waals surface area contributed by atoms with E-state index in [1.807, 2.05) is 36.4 Å². The number of phenolic OH excluding ortho intramolecular Hbond substituents is 1. The Bertz CT molecular complexity index is 735. The van der Waals surface area contributed by atoms with Gasteiger partial charge in [-0.25, -0.2) is 0 Å². The zero-order valence-corrected chi connectivity index (χ0v) is 11.5. The fraction of sp³-hybridized carbons (Fsp3) is 0. The zero-order valence-electron chi connectivity index (χ0n) is 10.8. The van der Waals surface area contributed by atoms with E-state index in [1.54, 1.807) is 12.1 Å². The van der Waals surface area contributed by atoms with Crippen molar-refractivity contribution in [1.29, 1.82) is 0 Å². The lowest BCUT2D eigenvalue weighted by Gasteiger charge is -2.08. The van der Waals surface area contributed by atoms with Crippen molar-refractivity contribution in [3.05, 3.63) is 77.8 Å². The molecule has 0 heterocycles. The van der Waals surface area contributed by atoms with Crippen molar-refractivity contribution in [3.8, 4) is 28.0 Å². The van der Waals surface area contributed by atoms with E-state index in [9.17, 15) is 5.11 Å². The van der Waals surface area contributed by atoms with Gasteiger partial charge in [-0.05, 0) is 28.8 Å². The standard InChI is InChI=1S/C18H13ClO/c19-18-16(10-5-11-17(18)20)15-9-4-8-14(12-15)13-6-2-1-3-7-13/h1-12,20H. The van der Waals surface area contributed by atoms with Crippen LogP contribution >= 0.6 is 11.6 Å². The molecule has 0 radical (unpaired) electrons. The first-order valence-corrected chi connectivity index (χ1v) is 6.77. The van der Waals surface area contributed by atoms with E-state index in [0.717, 1.165) is 22.3 Å². The summed E-state index contributed by atoms with van der Waals surface area (Å²) in [6, 6.07) is 23.6. The predicted octanol–water partition coefficient (Wildman–Crippen LogP) is 5.38. The average Bonchev–Trinajstić information content (AvgIpc) is 2.51. The summed E-state index contributed by atoms with van der Waals surface area (Å²) in [5.41, 5.74) is 4.12. The van der Waals surface area contributed by atoms with Gasteiger partial charge in [0.2, 0.25) is 0 Å². The molecule has 1 nitrogen and oxygen atoms in total. The van der Waals surface area contributed by atoms with Gasteiger partial charge in [-0.15, -0.1) is 0 Å². The highest BCUT2D eigenvalue weighted by molar-refractivity contribution is 6.34. The zero-order chi connectivity index (χ0) is 13.9. The average molecular weight is 281 g/mol. The second kappa shape index (κ2) is 5.40. The largest absolute Gasteiger partial charge is 0.506 e. The lowest BCUT2D eigenvalue weighted by molar-refractivity contribution is 0.476.